The van der Waals surface area contributed by atoms with Gasteiger partial charge in [-0.3, -0.25) is 0 Å². The number of nitrogens with zero attached hydrogens (tertiary/aromatic N) is 2. The molecule has 0 fully saturated rings. The highest BCUT2D eigenvalue weighted by molar-refractivity contribution is 5.86. The number of anilines is 1. The number of hydrogen-bond donors (Lipinski definition) is 2. The van der Waals surface area contributed by atoms with Gasteiger partial charge in [-0.2, -0.15) is 13.2 Å². The molecule has 0 aliphatic heterocycles. The molecule has 32 heavy (non-hydrogen) atoms. The van der Waals surface area contributed by atoms with Crippen LogP contribution in [0.3, 0.4) is 0 Å². The number of ether oxygens (including phenoxy) is 1. The van der Waals surface area contributed by atoms with Gasteiger partial charge < -0.3 is 15.6 Å². The van der Waals surface area contributed by atoms with Gasteiger partial charge in [0.15, 0.2) is 5.69 Å². The van der Waals surface area contributed by atoms with Gasteiger partial charge in [0.2, 0.25) is 5.95 Å². The molecule has 4 aromatic rings. The summed E-state index contributed by atoms with van der Waals surface area (Å²) in [5.74, 6) is -0.482. The summed E-state index contributed by atoms with van der Waals surface area (Å²) in [5.41, 5.74) is 5.31. The molecule has 0 amide bonds. The van der Waals surface area contributed by atoms with E-state index in [0.717, 1.165) is 5.56 Å². The molecule has 0 radical (unpaired) electrons. The number of rotatable bonds is 5. The summed E-state index contributed by atoms with van der Waals surface area (Å²) >= 11 is 0. The molecule has 0 bridgehead atoms. The SMILES string of the molecule is Nc1nc(-c2ccc(OCc3ccccc3)cc2O)c(-c2ccccc2)c(C(F)(F)F)n1. The first-order valence-corrected chi connectivity index (χ1v) is 9.63. The molecule has 0 atom stereocenters. The maximum atomic E-state index is 13.8. The highest BCUT2D eigenvalue weighted by Crippen LogP contribution is 2.43. The van der Waals surface area contributed by atoms with E-state index >= 15 is 0 Å². The van der Waals surface area contributed by atoms with Crippen molar-refractivity contribution in [1.82, 2.24) is 9.97 Å². The van der Waals surface area contributed by atoms with Gasteiger partial charge in [-0.15, -0.1) is 0 Å². The van der Waals surface area contributed by atoms with E-state index in [1.807, 2.05) is 30.3 Å². The molecule has 1 heterocycles. The number of nitrogen functional groups attached to an aromatic ring is 1. The molecular formula is C24H18F3N3O2. The molecule has 1 aromatic heterocycles. The van der Waals surface area contributed by atoms with E-state index < -0.39 is 17.8 Å². The second-order valence-electron chi connectivity index (χ2n) is 6.97. The number of halogens is 3. The van der Waals surface area contributed by atoms with Gasteiger partial charge in [0.1, 0.15) is 18.1 Å². The fourth-order valence-electron chi connectivity index (χ4n) is 3.30. The molecule has 3 aromatic carbocycles. The Morgan fingerprint density at radius 2 is 1.53 bits per heavy atom. The maximum absolute atomic E-state index is 13.8. The van der Waals surface area contributed by atoms with Crippen molar-refractivity contribution in [2.45, 2.75) is 12.8 Å². The molecule has 0 unspecified atom stereocenters. The number of aromatic nitrogens is 2. The fourth-order valence-corrected chi connectivity index (χ4v) is 3.30. The monoisotopic (exact) mass is 437 g/mol. The Bertz CT molecular complexity index is 1230. The van der Waals surface area contributed by atoms with Crippen molar-refractivity contribution in [3.05, 3.63) is 90.1 Å². The van der Waals surface area contributed by atoms with Crippen molar-refractivity contribution in [2.24, 2.45) is 0 Å². The zero-order valence-electron chi connectivity index (χ0n) is 16.7. The van der Waals surface area contributed by atoms with E-state index in [9.17, 15) is 18.3 Å². The summed E-state index contributed by atoms with van der Waals surface area (Å²) in [6.45, 7) is 0.271. The van der Waals surface area contributed by atoms with Crippen LogP contribution in [0, 0.1) is 0 Å². The van der Waals surface area contributed by atoms with E-state index in [0.29, 0.717) is 5.75 Å². The fraction of sp³-hybridized carbons (Fsp3) is 0.0833. The molecular weight excluding hydrogens is 419 g/mol. The lowest BCUT2D eigenvalue weighted by molar-refractivity contribution is -0.140. The maximum Gasteiger partial charge on any atom is 0.434 e. The van der Waals surface area contributed by atoms with Gasteiger partial charge in [-0.05, 0) is 23.3 Å². The van der Waals surface area contributed by atoms with Crippen molar-refractivity contribution in [1.29, 1.82) is 0 Å². The number of phenols is 1. The van der Waals surface area contributed by atoms with Gasteiger partial charge in [0.25, 0.3) is 0 Å². The second-order valence-corrected chi connectivity index (χ2v) is 6.97. The molecule has 8 heteroatoms. The van der Waals surface area contributed by atoms with Crippen LogP contribution in [0.4, 0.5) is 19.1 Å². The summed E-state index contributed by atoms with van der Waals surface area (Å²) in [5, 5.41) is 10.6. The van der Waals surface area contributed by atoms with Gasteiger partial charge in [0.05, 0.1) is 5.69 Å². The number of alkyl halides is 3. The molecule has 3 N–H and O–H groups in total. The minimum atomic E-state index is -4.77. The number of phenolic OH excluding ortho intramolecular Hbond substituents is 1. The van der Waals surface area contributed by atoms with E-state index in [4.69, 9.17) is 10.5 Å². The number of benzene rings is 3. The second kappa shape index (κ2) is 8.58. The predicted molar refractivity (Wildman–Crippen MR) is 115 cm³/mol. The van der Waals surface area contributed by atoms with Crippen molar-refractivity contribution in [3.63, 3.8) is 0 Å². The molecule has 162 valence electrons. The lowest BCUT2D eigenvalue weighted by Crippen LogP contribution is -2.14. The Morgan fingerprint density at radius 3 is 2.16 bits per heavy atom. The predicted octanol–water partition coefficient (Wildman–Crippen LogP) is 5.70. The first-order chi connectivity index (χ1) is 15.3. The molecule has 0 saturated heterocycles. The Labute approximate surface area is 182 Å². The summed E-state index contributed by atoms with van der Waals surface area (Å²) in [6.07, 6.45) is -4.77. The van der Waals surface area contributed by atoms with Crippen LogP contribution in [0.2, 0.25) is 0 Å². The molecule has 0 aliphatic rings. The Morgan fingerprint density at radius 1 is 0.875 bits per heavy atom. The van der Waals surface area contributed by atoms with Crippen LogP contribution in [-0.4, -0.2) is 15.1 Å². The van der Waals surface area contributed by atoms with Crippen LogP contribution in [0.1, 0.15) is 11.3 Å². The quantitative estimate of drug-likeness (QED) is 0.419. The van der Waals surface area contributed by atoms with Crippen LogP contribution in [-0.2, 0) is 12.8 Å². The van der Waals surface area contributed by atoms with Gasteiger partial charge in [-0.1, -0.05) is 60.7 Å². The highest BCUT2D eigenvalue weighted by Gasteiger charge is 2.38. The third-order valence-electron chi connectivity index (χ3n) is 4.73. The van der Waals surface area contributed by atoms with Crippen molar-refractivity contribution >= 4 is 5.95 Å². The van der Waals surface area contributed by atoms with E-state index in [1.165, 1.54) is 24.3 Å². The Hall–Kier alpha value is -4.07. The summed E-state index contributed by atoms with van der Waals surface area (Å²) < 4.78 is 47.1. The van der Waals surface area contributed by atoms with Crippen LogP contribution in [0.25, 0.3) is 22.4 Å². The molecule has 0 spiro atoms. The van der Waals surface area contributed by atoms with E-state index in [2.05, 4.69) is 9.97 Å². The minimum Gasteiger partial charge on any atom is -0.507 e. The van der Waals surface area contributed by atoms with E-state index in [1.54, 1.807) is 24.3 Å². The van der Waals surface area contributed by atoms with Crippen LogP contribution in [0.5, 0.6) is 11.5 Å². The Balaban J connectivity index is 1.78. The van der Waals surface area contributed by atoms with E-state index in [-0.39, 0.29) is 34.7 Å². The minimum absolute atomic E-state index is 0.0792. The third-order valence-corrected chi connectivity index (χ3v) is 4.73. The third kappa shape index (κ3) is 4.49. The van der Waals surface area contributed by atoms with Crippen molar-refractivity contribution in [2.75, 3.05) is 5.73 Å². The number of nitrogens with two attached hydrogens (primary N) is 1. The van der Waals surface area contributed by atoms with Crippen LogP contribution >= 0.6 is 0 Å². The average Bonchev–Trinajstić information content (AvgIpc) is 2.78. The van der Waals surface area contributed by atoms with Crippen molar-refractivity contribution in [3.8, 4) is 33.9 Å². The summed E-state index contributed by atoms with van der Waals surface area (Å²) in [4.78, 5) is 7.50. The van der Waals surface area contributed by atoms with Crippen LogP contribution < -0.4 is 10.5 Å². The normalized spacial score (nSPS) is 11.3. The first kappa shape index (κ1) is 21.2. The smallest absolute Gasteiger partial charge is 0.434 e. The van der Waals surface area contributed by atoms with Gasteiger partial charge in [-0.25, -0.2) is 9.97 Å². The number of hydrogen-bond acceptors (Lipinski definition) is 5. The topological polar surface area (TPSA) is 81.3 Å². The zero-order valence-corrected chi connectivity index (χ0v) is 16.7. The molecule has 5 nitrogen and oxygen atoms in total. The molecule has 0 aliphatic carbocycles. The first-order valence-electron chi connectivity index (χ1n) is 9.63. The Kier molecular flexibility index (Phi) is 5.68. The lowest BCUT2D eigenvalue weighted by atomic mass is 9.96. The van der Waals surface area contributed by atoms with Gasteiger partial charge >= 0.3 is 6.18 Å². The highest BCUT2D eigenvalue weighted by atomic mass is 19.4. The lowest BCUT2D eigenvalue weighted by Gasteiger charge is -2.17. The van der Waals surface area contributed by atoms with Crippen LogP contribution in [0.15, 0.2) is 78.9 Å². The average molecular weight is 437 g/mol. The standard InChI is InChI=1S/C24H18F3N3O2/c25-24(26,27)22-20(16-9-5-2-6-10-16)21(29-23(28)30-22)18-12-11-17(13-19(18)31)32-14-15-7-3-1-4-8-15/h1-13,31H,14H2,(H2,28,29,30). The van der Waals surface area contributed by atoms with Gasteiger partial charge in [0, 0.05) is 17.2 Å². The molecule has 4 rings (SSSR count). The summed E-state index contributed by atoms with van der Waals surface area (Å²) in [7, 11) is 0. The zero-order chi connectivity index (χ0) is 22.7. The summed E-state index contributed by atoms with van der Waals surface area (Å²) in [6, 6.07) is 21.7. The number of aromatic hydroxyl groups is 1. The van der Waals surface area contributed by atoms with Crippen molar-refractivity contribution < 1.29 is 23.0 Å². The molecule has 0 saturated carbocycles. The largest absolute Gasteiger partial charge is 0.507 e.